The van der Waals surface area contributed by atoms with E-state index in [9.17, 15) is 14.4 Å². The second kappa shape index (κ2) is 9.33. The van der Waals surface area contributed by atoms with Crippen molar-refractivity contribution in [1.29, 1.82) is 0 Å². The maximum Gasteiger partial charge on any atom is 0.246 e. The van der Waals surface area contributed by atoms with Crippen LogP contribution >= 0.6 is 0 Å². The molecular weight excluding hydrogens is 454 g/mol. The van der Waals surface area contributed by atoms with Crippen LogP contribution in [0.5, 0.6) is 0 Å². The smallest absolute Gasteiger partial charge is 0.246 e. The summed E-state index contributed by atoms with van der Waals surface area (Å²) in [6.07, 6.45) is 7.17. The Kier molecular flexibility index (Phi) is 6.48. The summed E-state index contributed by atoms with van der Waals surface area (Å²) in [5, 5.41) is 6.30. The fourth-order valence-corrected chi connectivity index (χ4v) is 6.84. The van der Waals surface area contributed by atoms with Crippen LogP contribution in [0.1, 0.15) is 57.6 Å². The molecule has 0 unspecified atom stereocenters. The largest absolute Gasteiger partial charge is 0.359 e. The molecule has 3 aliphatic heterocycles. The van der Waals surface area contributed by atoms with Crippen LogP contribution in [0.2, 0.25) is 0 Å². The first-order chi connectivity index (χ1) is 17.2. The van der Waals surface area contributed by atoms with E-state index in [1.54, 1.807) is 4.90 Å². The van der Waals surface area contributed by atoms with Gasteiger partial charge in [0.25, 0.3) is 0 Å². The lowest BCUT2D eigenvalue weighted by Gasteiger charge is -2.38. The predicted molar refractivity (Wildman–Crippen MR) is 138 cm³/mol. The van der Waals surface area contributed by atoms with Gasteiger partial charge >= 0.3 is 0 Å². The number of fused-ring (bicyclic) bond motifs is 1. The van der Waals surface area contributed by atoms with Crippen LogP contribution in [0, 0.1) is 37.5 Å². The maximum absolute atomic E-state index is 13.8. The molecule has 1 spiro atoms. The number of likely N-dealkylation sites (tertiary alicyclic amines) is 1. The van der Waals surface area contributed by atoms with Crippen molar-refractivity contribution in [2.24, 2.45) is 23.7 Å². The first kappa shape index (κ1) is 25.0. The lowest BCUT2D eigenvalue weighted by atomic mass is 9.73. The number of aryl methyl sites for hydroxylation is 2. The topological polar surface area (TPSA) is 87.7 Å². The molecule has 7 nitrogen and oxygen atoms in total. The van der Waals surface area contributed by atoms with E-state index in [0.717, 1.165) is 30.4 Å². The van der Waals surface area contributed by atoms with Gasteiger partial charge in [0.15, 0.2) is 0 Å². The molecule has 5 rings (SSSR count). The van der Waals surface area contributed by atoms with E-state index in [0.29, 0.717) is 24.1 Å². The van der Waals surface area contributed by atoms with Gasteiger partial charge in [-0.05, 0) is 61.8 Å². The third-order valence-electron chi connectivity index (χ3n) is 9.20. The normalized spacial score (nSPS) is 36.8. The molecule has 3 fully saturated rings. The molecule has 4 aliphatic rings. The van der Waals surface area contributed by atoms with E-state index in [4.69, 9.17) is 4.74 Å². The summed E-state index contributed by atoms with van der Waals surface area (Å²) in [5.41, 5.74) is 1.84. The molecule has 3 amide bonds. The van der Waals surface area contributed by atoms with Crippen molar-refractivity contribution in [1.82, 2.24) is 10.2 Å². The number of rotatable bonds is 6. The monoisotopic (exact) mass is 493 g/mol. The highest BCUT2D eigenvalue weighted by molar-refractivity contribution is 6.02. The van der Waals surface area contributed by atoms with E-state index in [2.05, 4.69) is 24.5 Å². The molecule has 2 bridgehead atoms. The summed E-state index contributed by atoms with van der Waals surface area (Å²) >= 11 is 0. The van der Waals surface area contributed by atoms with Crippen LogP contribution in [-0.2, 0) is 19.1 Å². The highest BCUT2D eigenvalue weighted by Gasteiger charge is 2.72. The summed E-state index contributed by atoms with van der Waals surface area (Å²) in [6.45, 7) is 10.9. The fraction of sp³-hybridized carbons (Fsp3) is 0.621. The lowest BCUT2D eigenvalue weighted by molar-refractivity contribution is -0.141. The van der Waals surface area contributed by atoms with Gasteiger partial charge in [-0.3, -0.25) is 14.4 Å². The van der Waals surface area contributed by atoms with Crippen LogP contribution in [-0.4, -0.2) is 53.0 Å². The number of benzene rings is 1. The zero-order valence-electron chi connectivity index (χ0n) is 22.0. The van der Waals surface area contributed by atoms with Crippen molar-refractivity contribution in [3.05, 3.63) is 41.5 Å². The summed E-state index contributed by atoms with van der Waals surface area (Å²) in [5.74, 6) is -1.01. The van der Waals surface area contributed by atoms with Crippen molar-refractivity contribution < 1.29 is 19.1 Å². The second-order valence-corrected chi connectivity index (χ2v) is 11.4. The molecule has 1 aliphatic carbocycles. The van der Waals surface area contributed by atoms with Gasteiger partial charge in [-0.1, -0.05) is 51.8 Å². The average molecular weight is 494 g/mol. The van der Waals surface area contributed by atoms with E-state index in [-0.39, 0.29) is 23.8 Å². The van der Waals surface area contributed by atoms with E-state index >= 15 is 0 Å². The van der Waals surface area contributed by atoms with Crippen molar-refractivity contribution in [2.75, 3.05) is 11.9 Å². The molecule has 0 aromatic heterocycles. The van der Waals surface area contributed by atoms with Crippen LogP contribution in [0.25, 0.3) is 0 Å². The van der Waals surface area contributed by atoms with Gasteiger partial charge in [0.2, 0.25) is 17.7 Å². The quantitative estimate of drug-likeness (QED) is 0.591. The van der Waals surface area contributed by atoms with Crippen molar-refractivity contribution >= 4 is 23.4 Å². The molecule has 36 heavy (non-hydrogen) atoms. The fourth-order valence-electron chi connectivity index (χ4n) is 6.84. The number of carbonyl (C=O) groups excluding carboxylic acids is 3. The number of ether oxygens (including phenoxy) is 1. The number of anilines is 1. The Hall–Kier alpha value is -2.67. The molecule has 7 heteroatoms. The summed E-state index contributed by atoms with van der Waals surface area (Å²) < 4.78 is 6.42. The minimum atomic E-state index is -1.10. The molecule has 1 saturated carbocycles. The van der Waals surface area contributed by atoms with E-state index < -0.39 is 29.6 Å². The van der Waals surface area contributed by atoms with Crippen LogP contribution in [0.4, 0.5) is 5.69 Å². The van der Waals surface area contributed by atoms with E-state index in [1.807, 2.05) is 51.1 Å². The summed E-state index contributed by atoms with van der Waals surface area (Å²) in [7, 11) is 0. The Balaban J connectivity index is 1.42. The molecule has 194 valence electrons. The van der Waals surface area contributed by atoms with Gasteiger partial charge in [0.1, 0.15) is 11.6 Å². The first-order valence-electron chi connectivity index (χ1n) is 13.5. The standard InChI is InChI=1S/C29H39N3O4/c1-6-14-32-25(27(34)31-21-9-7-8-17(3)19(21)5)29-13-12-22(36-29)23(24(29)28(32)35)26(33)30-20-11-10-16(2)18(4)15-20/h10-13,15,17,19,21-25H,6-9,14H2,1-5H3,(H,30,33)(H,31,34)/t17-,19+,21-,22+,23-,24+,25+,29+/m1/s1. The molecule has 2 N–H and O–H groups in total. The highest BCUT2D eigenvalue weighted by Crippen LogP contribution is 2.55. The molecule has 1 aromatic rings. The minimum absolute atomic E-state index is 0.0849. The number of hydrogen-bond acceptors (Lipinski definition) is 4. The van der Waals surface area contributed by atoms with Crippen molar-refractivity contribution in [2.45, 2.75) is 84.1 Å². The molecule has 2 saturated heterocycles. The summed E-state index contributed by atoms with van der Waals surface area (Å²) in [4.78, 5) is 42.8. The Morgan fingerprint density at radius 2 is 1.92 bits per heavy atom. The molecular formula is C29H39N3O4. The van der Waals surface area contributed by atoms with Gasteiger partial charge in [-0.15, -0.1) is 0 Å². The van der Waals surface area contributed by atoms with Gasteiger partial charge in [-0.25, -0.2) is 0 Å². The van der Waals surface area contributed by atoms with E-state index in [1.165, 1.54) is 6.42 Å². The Morgan fingerprint density at radius 1 is 1.14 bits per heavy atom. The van der Waals surface area contributed by atoms with Crippen LogP contribution < -0.4 is 10.6 Å². The third kappa shape index (κ3) is 3.87. The average Bonchev–Trinajstić information content (AvgIpc) is 3.47. The zero-order valence-corrected chi connectivity index (χ0v) is 22.0. The number of nitrogens with zero attached hydrogens (tertiary/aromatic N) is 1. The maximum atomic E-state index is 13.8. The van der Waals surface area contributed by atoms with Crippen LogP contribution in [0.15, 0.2) is 30.4 Å². The zero-order chi connectivity index (χ0) is 25.8. The Bertz CT molecular complexity index is 1100. The Labute approximate surface area is 214 Å². The molecule has 0 radical (unpaired) electrons. The highest BCUT2D eigenvalue weighted by atomic mass is 16.5. The number of carbonyl (C=O) groups is 3. The molecule has 3 heterocycles. The van der Waals surface area contributed by atoms with Crippen molar-refractivity contribution in [3.63, 3.8) is 0 Å². The number of hydrogen-bond donors (Lipinski definition) is 2. The predicted octanol–water partition coefficient (Wildman–Crippen LogP) is 3.74. The second-order valence-electron chi connectivity index (χ2n) is 11.4. The molecule has 8 atom stereocenters. The summed E-state index contributed by atoms with van der Waals surface area (Å²) in [6, 6.07) is 5.11. The van der Waals surface area contributed by atoms with Crippen molar-refractivity contribution in [3.8, 4) is 0 Å². The number of nitrogens with one attached hydrogen (secondary N) is 2. The SMILES string of the molecule is CCCN1C(=O)[C@@H]2[C@H](C(=O)Nc3ccc(C)c(C)c3)[C@@H]3C=C[C@@]2(O3)[C@@H]1C(=O)N[C@@H]1CCC[C@@H](C)[C@@H]1C. The Morgan fingerprint density at radius 3 is 2.64 bits per heavy atom. The minimum Gasteiger partial charge on any atom is -0.359 e. The lowest BCUT2D eigenvalue weighted by Crippen LogP contribution is -2.57. The van der Waals surface area contributed by atoms with Gasteiger partial charge < -0.3 is 20.3 Å². The van der Waals surface area contributed by atoms with Gasteiger partial charge in [-0.2, -0.15) is 0 Å². The van der Waals surface area contributed by atoms with Gasteiger partial charge in [0.05, 0.1) is 17.9 Å². The van der Waals surface area contributed by atoms with Crippen LogP contribution in [0.3, 0.4) is 0 Å². The van der Waals surface area contributed by atoms with Gasteiger partial charge in [0, 0.05) is 18.3 Å². The third-order valence-corrected chi connectivity index (χ3v) is 9.20. The molecule has 1 aromatic carbocycles. The number of amides is 3. The first-order valence-corrected chi connectivity index (χ1v) is 13.5.